The highest BCUT2D eigenvalue weighted by Crippen LogP contribution is 2.24. The number of ether oxygens (including phenoxy) is 1. The molecule has 1 fully saturated rings. The molecule has 1 N–H and O–H groups in total. The van der Waals surface area contributed by atoms with Crippen molar-refractivity contribution in [2.75, 3.05) is 26.3 Å². The van der Waals surface area contributed by atoms with Gasteiger partial charge >= 0.3 is 0 Å². The zero-order chi connectivity index (χ0) is 21.0. The second-order valence-electron chi connectivity index (χ2n) is 6.98. The Labute approximate surface area is 176 Å². The summed E-state index contributed by atoms with van der Waals surface area (Å²) < 4.78 is 32.7. The van der Waals surface area contributed by atoms with E-state index in [9.17, 15) is 13.2 Å². The molecule has 0 radical (unpaired) electrons. The van der Waals surface area contributed by atoms with E-state index in [0.717, 1.165) is 5.56 Å². The summed E-state index contributed by atoms with van der Waals surface area (Å²) in [5.41, 5.74) is 1.87. The van der Waals surface area contributed by atoms with E-state index in [0.29, 0.717) is 48.9 Å². The van der Waals surface area contributed by atoms with Crippen molar-refractivity contribution in [1.82, 2.24) is 9.62 Å². The number of carbonyl (C=O) groups excluding carboxylic acids is 1. The molecule has 156 valence electrons. The van der Waals surface area contributed by atoms with Gasteiger partial charge in [0, 0.05) is 23.7 Å². The number of nitrogens with zero attached hydrogens (tertiary/aromatic N) is 1. The number of halogens is 1. The molecule has 1 aliphatic heterocycles. The van der Waals surface area contributed by atoms with Crippen LogP contribution in [-0.2, 0) is 14.8 Å². The maximum atomic E-state index is 13.0. The molecule has 0 aliphatic carbocycles. The molecule has 2 aromatic carbocycles. The monoisotopic (exact) mass is 436 g/mol. The maximum absolute atomic E-state index is 13.0. The van der Waals surface area contributed by atoms with E-state index in [4.69, 9.17) is 16.3 Å². The van der Waals surface area contributed by atoms with Crippen molar-refractivity contribution >= 4 is 27.5 Å². The van der Waals surface area contributed by atoms with Gasteiger partial charge in [-0.25, -0.2) is 8.42 Å². The fraction of sp³-hybridized carbons (Fsp3) is 0.381. The van der Waals surface area contributed by atoms with Gasteiger partial charge in [-0.15, -0.1) is 0 Å². The lowest BCUT2D eigenvalue weighted by atomic mass is 10.0. The Hall–Kier alpha value is -1.93. The van der Waals surface area contributed by atoms with Crippen LogP contribution in [-0.4, -0.2) is 44.9 Å². The molecular formula is C21H25ClN2O4S. The minimum atomic E-state index is -3.68. The van der Waals surface area contributed by atoms with E-state index < -0.39 is 10.0 Å². The van der Waals surface area contributed by atoms with Gasteiger partial charge in [-0.2, -0.15) is 4.31 Å². The third kappa shape index (κ3) is 4.98. The van der Waals surface area contributed by atoms with Gasteiger partial charge in [0.15, 0.2) is 0 Å². The highest BCUT2D eigenvalue weighted by molar-refractivity contribution is 7.89. The number of hydrogen-bond donors (Lipinski definition) is 1. The van der Waals surface area contributed by atoms with Crippen molar-refractivity contribution in [3.63, 3.8) is 0 Å². The molecule has 29 heavy (non-hydrogen) atoms. The quantitative estimate of drug-likeness (QED) is 0.751. The number of amides is 1. The SMILES string of the molecule is CCC(NC(=O)c1ccc(C)c(S(=O)(=O)N2CCOCC2)c1)c1ccc(Cl)cc1. The van der Waals surface area contributed by atoms with E-state index in [1.54, 1.807) is 31.2 Å². The summed E-state index contributed by atoms with van der Waals surface area (Å²) in [7, 11) is -3.68. The Bertz CT molecular complexity index is 971. The Morgan fingerprint density at radius 3 is 2.45 bits per heavy atom. The predicted octanol–water partition coefficient (Wildman–Crippen LogP) is 3.55. The lowest BCUT2D eigenvalue weighted by Crippen LogP contribution is -2.41. The molecule has 1 aliphatic rings. The summed E-state index contributed by atoms with van der Waals surface area (Å²) in [5.74, 6) is -0.315. The number of benzene rings is 2. The second kappa shape index (κ2) is 9.26. The van der Waals surface area contributed by atoms with Crippen LogP contribution in [0.3, 0.4) is 0 Å². The zero-order valence-corrected chi connectivity index (χ0v) is 18.1. The van der Waals surface area contributed by atoms with Crippen LogP contribution in [0.2, 0.25) is 5.02 Å². The zero-order valence-electron chi connectivity index (χ0n) is 16.5. The lowest BCUT2D eigenvalue weighted by molar-refractivity contribution is 0.0730. The van der Waals surface area contributed by atoms with Crippen molar-refractivity contribution < 1.29 is 17.9 Å². The Kier molecular flexibility index (Phi) is 6.95. The van der Waals surface area contributed by atoms with Crippen molar-refractivity contribution in [2.24, 2.45) is 0 Å². The first-order valence-electron chi connectivity index (χ1n) is 9.58. The predicted molar refractivity (Wildman–Crippen MR) is 113 cm³/mol. The molecule has 0 aromatic heterocycles. The molecule has 0 saturated carbocycles. The van der Waals surface area contributed by atoms with Crippen LogP contribution in [0.4, 0.5) is 0 Å². The van der Waals surface area contributed by atoms with Crippen LogP contribution in [0.25, 0.3) is 0 Å². The van der Waals surface area contributed by atoms with Crippen LogP contribution in [0.1, 0.15) is 40.9 Å². The summed E-state index contributed by atoms with van der Waals surface area (Å²) in [6.07, 6.45) is 0.693. The summed E-state index contributed by atoms with van der Waals surface area (Å²) >= 11 is 5.94. The molecular weight excluding hydrogens is 412 g/mol. The maximum Gasteiger partial charge on any atom is 0.251 e. The average Bonchev–Trinajstić information content (AvgIpc) is 2.73. The van der Waals surface area contributed by atoms with E-state index in [1.807, 2.05) is 19.1 Å². The molecule has 3 rings (SSSR count). The average molecular weight is 437 g/mol. The third-order valence-corrected chi connectivity index (χ3v) is 7.32. The van der Waals surface area contributed by atoms with Gasteiger partial charge in [-0.3, -0.25) is 4.79 Å². The minimum absolute atomic E-state index is 0.159. The van der Waals surface area contributed by atoms with Crippen LogP contribution >= 0.6 is 11.6 Å². The van der Waals surface area contributed by atoms with Crippen LogP contribution < -0.4 is 5.32 Å². The number of aryl methyl sites for hydroxylation is 1. The Morgan fingerprint density at radius 1 is 1.17 bits per heavy atom. The van der Waals surface area contributed by atoms with Crippen molar-refractivity contribution in [2.45, 2.75) is 31.2 Å². The van der Waals surface area contributed by atoms with Gasteiger partial charge in [-0.05, 0) is 48.7 Å². The summed E-state index contributed by atoms with van der Waals surface area (Å²) in [4.78, 5) is 13.0. The first kappa shape index (κ1) is 21.8. The third-order valence-electron chi connectivity index (χ3n) is 5.02. The molecule has 1 heterocycles. The summed E-state index contributed by atoms with van der Waals surface area (Å²) in [5, 5.41) is 3.62. The Balaban J connectivity index is 1.84. The van der Waals surface area contributed by atoms with Gasteiger partial charge in [0.25, 0.3) is 5.91 Å². The van der Waals surface area contributed by atoms with Gasteiger partial charge in [0.1, 0.15) is 0 Å². The van der Waals surface area contributed by atoms with Gasteiger partial charge < -0.3 is 10.1 Å². The van der Waals surface area contributed by atoms with Crippen molar-refractivity contribution in [3.05, 3.63) is 64.2 Å². The smallest absolute Gasteiger partial charge is 0.251 e. The molecule has 1 amide bonds. The van der Waals surface area contributed by atoms with E-state index in [2.05, 4.69) is 5.32 Å². The normalized spacial score (nSPS) is 16.4. The standard InChI is InChI=1S/C21H25ClN2O4S/c1-3-19(16-6-8-18(22)9-7-16)23-21(25)17-5-4-15(2)20(14-17)29(26,27)24-10-12-28-13-11-24/h4-9,14,19H,3,10-13H2,1-2H3,(H,23,25). The van der Waals surface area contributed by atoms with Crippen LogP contribution in [0, 0.1) is 6.92 Å². The number of morpholine rings is 1. The number of rotatable bonds is 6. The van der Waals surface area contributed by atoms with Crippen molar-refractivity contribution in [1.29, 1.82) is 0 Å². The highest BCUT2D eigenvalue weighted by atomic mass is 35.5. The van der Waals surface area contributed by atoms with Gasteiger partial charge in [-0.1, -0.05) is 36.7 Å². The molecule has 1 atom stereocenters. The largest absolute Gasteiger partial charge is 0.379 e. The fourth-order valence-corrected chi connectivity index (χ4v) is 5.09. The molecule has 0 spiro atoms. The molecule has 1 saturated heterocycles. The summed E-state index contributed by atoms with van der Waals surface area (Å²) in [6.45, 7) is 5.08. The molecule has 1 unspecified atom stereocenters. The van der Waals surface area contributed by atoms with Gasteiger partial charge in [0.05, 0.1) is 24.2 Å². The van der Waals surface area contributed by atoms with E-state index in [-0.39, 0.29) is 16.8 Å². The second-order valence-corrected chi connectivity index (χ2v) is 9.33. The Morgan fingerprint density at radius 2 is 1.83 bits per heavy atom. The van der Waals surface area contributed by atoms with E-state index in [1.165, 1.54) is 10.4 Å². The van der Waals surface area contributed by atoms with Gasteiger partial charge in [0.2, 0.25) is 10.0 Å². The minimum Gasteiger partial charge on any atom is -0.379 e. The molecule has 2 aromatic rings. The first-order valence-corrected chi connectivity index (χ1v) is 11.4. The number of nitrogens with one attached hydrogen (secondary N) is 1. The molecule has 6 nitrogen and oxygen atoms in total. The molecule has 8 heteroatoms. The van der Waals surface area contributed by atoms with Crippen LogP contribution in [0.15, 0.2) is 47.4 Å². The van der Waals surface area contributed by atoms with Crippen molar-refractivity contribution in [3.8, 4) is 0 Å². The fourth-order valence-electron chi connectivity index (χ4n) is 3.30. The lowest BCUT2D eigenvalue weighted by Gasteiger charge is -2.27. The molecule has 0 bridgehead atoms. The number of carbonyl (C=O) groups is 1. The van der Waals surface area contributed by atoms with Crippen LogP contribution in [0.5, 0.6) is 0 Å². The topological polar surface area (TPSA) is 75.7 Å². The number of sulfonamides is 1. The number of hydrogen-bond acceptors (Lipinski definition) is 4. The summed E-state index contributed by atoms with van der Waals surface area (Å²) in [6, 6.07) is 11.9. The highest BCUT2D eigenvalue weighted by Gasteiger charge is 2.28. The van der Waals surface area contributed by atoms with E-state index >= 15 is 0 Å². The first-order chi connectivity index (χ1) is 13.8.